The lowest BCUT2D eigenvalue weighted by Crippen LogP contribution is -2.43. The molecule has 1 aliphatic rings. The minimum Gasteiger partial charge on any atom is -0.444 e. The first kappa shape index (κ1) is 25.8. The first-order valence-electron chi connectivity index (χ1n) is 9.98. The highest BCUT2D eigenvalue weighted by atomic mass is 19.4. The minimum absolute atomic E-state index is 0.0198. The van der Waals surface area contributed by atoms with Crippen molar-refractivity contribution in [1.82, 2.24) is 14.5 Å². The molecule has 2 N–H and O–H groups in total. The largest absolute Gasteiger partial charge is 0.444 e. The smallest absolute Gasteiger partial charge is 0.410 e. The number of rotatable bonds is 5. The molecule has 0 saturated carbocycles. The molecule has 0 saturated heterocycles. The standard InChI is InChI=1S/C19H26F6N4O3/c1-17(2,3)32-16(31)28-9-6-12-13(10-28)27-15(26)29(14(12)30)11(4-7-18(20,21)22)5-8-19(23,24)25/h11H,4-10H2,1-3H3,(H2,26,27). The zero-order valence-corrected chi connectivity index (χ0v) is 17.9. The molecule has 32 heavy (non-hydrogen) atoms. The second-order valence-corrected chi connectivity index (χ2v) is 8.68. The van der Waals surface area contributed by atoms with Crippen molar-refractivity contribution < 1.29 is 35.9 Å². The van der Waals surface area contributed by atoms with E-state index in [2.05, 4.69) is 4.98 Å². The highest BCUT2D eigenvalue weighted by Gasteiger charge is 2.35. The molecular weight excluding hydrogens is 446 g/mol. The van der Waals surface area contributed by atoms with Crippen molar-refractivity contribution in [2.45, 2.75) is 83.4 Å². The minimum atomic E-state index is -4.61. The fraction of sp³-hybridized carbons (Fsp3) is 0.737. The van der Waals surface area contributed by atoms with Gasteiger partial charge in [0.15, 0.2) is 0 Å². The Morgan fingerprint density at radius 3 is 2.09 bits per heavy atom. The molecule has 7 nitrogen and oxygen atoms in total. The summed E-state index contributed by atoms with van der Waals surface area (Å²) in [5, 5.41) is 0. The summed E-state index contributed by atoms with van der Waals surface area (Å²) in [6.45, 7) is 5.01. The first-order valence-corrected chi connectivity index (χ1v) is 9.98. The molecule has 0 spiro atoms. The molecule has 0 fully saturated rings. The van der Waals surface area contributed by atoms with Crippen molar-refractivity contribution in [1.29, 1.82) is 0 Å². The Hall–Kier alpha value is -2.47. The number of anilines is 1. The molecule has 1 amide bonds. The molecule has 2 rings (SSSR count). The Bertz CT molecular complexity index is 871. The van der Waals surface area contributed by atoms with Crippen molar-refractivity contribution in [3.05, 3.63) is 21.6 Å². The van der Waals surface area contributed by atoms with E-state index in [1.165, 1.54) is 4.90 Å². The summed E-state index contributed by atoms with van der Waals surface area (Å²) in [6.07, 6.45) is -14.1. The van der Waals surface area contributed by atoms with Crippen molar-refractivity contribution in [2.24, 2.45) is 0 Å². The second kappa shape index (κ2) is 9.18. The van der Waals surface area contributed by atoms with Gasteiger partial charge in [-0.3, -0.25) is 9.36 Å². The number of carbonyl (C=O) groups is 1. The second-order valence-electron chi connectivity index (χ2n) is 8.68. The number of fused-ring (bicyclic) bond motifs is 1. The average molecular weight is 472 g/mol. The summed E-state index contributed by atoms with van der Waals surface area (Å²) in [4.78, 5) is 30.6. The molecule has 0 aromatic carbocycles. The molecule has 0 aliphatic carbocycles. The van der Waals surface area contributed by atoms with E-state index in [1.807, 2.05) is 0 Å². The third-order valence-corrected chi connectivity index (χ3v) is 4.83. The Morgan fingerprint density at radius 1 is 1.09 bits per heavy atom. The van der Waals surface area contributed by atoms with Gasteiger partial charge < -0.3 is 15.4 Å². The van der Waals surface area contributed by atoms with Crippen LogP contribution >= 0.6 is 0 Å². The predicted octanol–water partition coefficient (Wildman–Crippen LogP) is 4.34. The van der Waals surface area contributed by atoms with Gasteiger partial charge in [0.2, 0.25) is 5.95 Å². The number of hydrogen-bond donors (Lipinski definition) is 1. The summed E-state index contributed by atoms with van der Waals surface area (Å²) < 4.78 is 82.3. The number of ether oxygens (including phenoxy) is 1. The van der Waals surface area contributed by atoms with E-state index >= 15 is 0 Å². The molecule has 0 radical (unpaired) electrons. The van der Waals surface area contributed by atoms with Gasteiger partial charge in [0.05, 0.1) is 12.2 Å². The van der Waals surface area contributed by atoms with Crippen molar-refractivity contribution in [3.8, 4) is 0 Å². The molecular formula is C19H26F6N4O3. The zero-order valence-electron chi connectivity index (χ0n) is 17.9. The molecule has 13 heteroatoms. The summed E-state index contributed by atoms with van der Waals surface area (Å²) in [5.74, 6) is -0.492. The number of aromatic nitrogens is 2. The van der Waals surface area contributed by atoms with E-state index in [0.717, 1.165) is 4.57 Å². The molecule has 0 unspecified atom stereocenters. The van der Waals surface area contributed by atoms with Crippen LogP contribution in [-0.2, 0) is 17.7 Å². The predicted molar refractivity (Wildman–Crippen MR) is 103 cm³/mol. The van der Waals surface area contributed by atoms with Crippen LogP contribution in [0.5, 0.6) is 0 Å². The van der Waals surface area contributed by atoms with Gasteiger partial charge in [-0.15, -0.1) is 0 Å². The Labute approximate surface area is 180 Å². The van der Waals surface area contributed by atoms with E-state index < -0.39 is 67.3 Å². The van der Waals surface area contributed by atoms with Gasteiger partial charge in [0.1, 0.15) is 5.60 Å². The Balaban J connectivity index is 2.34. The van der Waals surface area contributed by atoms with E-state index in [-0.39, 0.29) is 30.8 Å². The highest BCUT2D eigenvalue weighted by molar-refractivity contribution is 5.68. The topological polar surface area (TPSA) is 90.4 Å². The number of hydrogen-bond acceptors (Lipinski definition) is 5. The molecule has 1 aromatic heterocycles. The van der Waals surface area contributed by atoms with Gasteiger partial charge in [-0.2, -0.15) is 26.3 Å². The number of halogens is 6. The van der Waals surface area contributed by atoms with Gasteiger partial charge in [-0.1, -0.05) is 0 Å². The zero-order chi connectivity index (χ0) is 24.5. The van der Waals surface area contributed by atoms with Gasteiger partial charge in [0, 0.05) is 31.0 Å². The maximum atomic E-state index is 13.0. The van der Waals surface area contributed by atoms with Crippen LogP contribution in [0.2, 0.25) is 0 Å². The van der Waals surface area contributed by atoms with Gasteiger partial charge >= 0.3 is 18.4 Å². The molecule has 1 aromatic rings. The van der Waals surface area contributed by atoms with Gasteiger partial charge in [-0.25, -0.2) is 9.78 Å². The van der Waals surface area contributed by atoms with E-state index in [9.17, 15) is 35.9 Å². The van der Waals surface area contributed by atoms with Crippen molar-refractivity contribution in [3.63, 3.8) is 0 Å². The van der Waals surface area contributed by atoms with Crippen LogP contribution in [0.25, 0.3) is 0 Å². The molecule has 0 atom stereocenters. The summed E-state index contributed by atoms with van der Waals surface area (Å²) >= 11 is 0. The van der Waals surface area contributed by atoms with Crippen LogP contribution in [0.3, 0.4) is 0 Å². The lowest BCUT2D eigenvalue weighted by molar-refractivity contribution is -0.143. The van der Waals surface area contributed by atoms with Crippen LogP contribution in [0.1, 0.15) is 63.8 Å². The monoisotopic (exact) mass is 472 g/mol. The normalized spacial score (nSPS) is 15.1. The maximum Gasteiger partial charge on any atom is 0.410 e. The SMILES string of the molecule is CC(C)(C)OC(=O)N1CCc2c(nc(N)n(C(CCC(F)(F)F)CCC(F)(F)F)c2=O)C1. The Kier molecular flexibility index (Phi) is 7.40. The molecule has 1 aliphatic heterocycles. The van der Waals surface area contributed by atoms with Crippen molar-refractivity contribution in [2.75, 3.05) is 12.3 Å². The lowest BCUT2D eigenvalue weighted by atomic mass is 10.0. The van der Waals surface area contributed by atoms with Gasteiger partial charge in [-0.05, 0) is 40.0 Å². The number of carbonyl (C=O) groups excluding carboxylic acids is 1. The number of alkyl halides is 6. The third kappa shape index (κ3) is 7.30. The van der Waals surface area contributed by atoms with Crippen LogP contribution in [-0.4, -0.2) is 45.0 Å². The number of nitrogen functional groups attached to an aromatic ring is 1. The third-order valence-electron chi connectivity index (χ3n) is 4.83. The fourth-order valence-corrected chi connectivity index (χ4v) is 3.42. The van der Waals surface area contributed by atoms with E-state index in [4.69, 9.17) is 10.5 Å². The van der Waals surface area contributed by atoms with Gasteiger partial charge in [0.25, 0.3) is 5.56 Å². The number of nitrogens with zero attached hydrogens (tertiary/aromatic N) is 3. The Morgan fingerprint density at radius 2 is 1.62 bits per heavy atom. The van der Waals surface area contributed by atoms with E-state index in [1.54, 1.807) is 20.8 Å². The van der Waals surface area contributed by atoms with Crippen molar-refractivity contribution >= 4 is 12.0 Å². The maximum absolute atomic E-state index is 13.0. The fourth-order valence-electron chi connectivity index (χ4n) is 3.42. The summed E-state index contributed by atoms with van der Waals surface area (Å²) in [7, 11) is 0. The summed E-state index contributed by atoms with van der Waals surface area (Å²) in [6, 6.07) is -1.42. The average Bonchev–Trinajstić information content (AvgIpc) is 2.59. The van der Waals surface area contributed by atoms with E-state index in [0.29, 0.717) is 0 Å². The summed E-state index contributed by atoms with van der Waals surface area (Å²) in [5.41, 5.74) is 4.52. The number of amides is 1. The number of nitrogens with two attached hydrogens (primary N) is 1. The highest BCUT2D eigenvalue weighted by Crippen LogP contribution is 2.33. The molecule has 182 valence electrons. The quantitative estimate of drug-likeness (QED) is 0.644. The molecule has 2 heterocycles. The molecule has 0 bridgehead atoms. The van der Waals surface area contributed by atoms with Crippen LogP contribution < -0.4 is 11.3 Å². The van der Waals surface area contributed by atoms with Crippen LogP contribution in [0.4, 0.5) is 37.1 Å². The lowest BCUT2D eigenvalue weighted by Gasteiger charge is -2.31. The van der Waals surface area contributed by atoms with Crippen LogP contribution in [0, 0.1) is 0 Å². The first-order chi connectivity index (χ1) is 14.5. The van der Waals surface area contributed by atoms with Crippen LogP contribution in [0.15, 0.2) is 4.79 Å².